The second-order valence-electron chi connectivity index (χ2n) is 4.11. The van der Waals surface area contributed by atoms with Crippen molar-refractivity contribution in [3.63, 3.8) is 0 Å². The summed E-state index contributed by atoms with van der Waals surface area (Å²) in [5.74, 6) is -0.659. The minimum Gasteiger partial charge on any atom is -0.397 e. The average Bonchev–Trinajstić information content (AvgIpc) is 2.54. The Bertz CT molecular complexity index is 426. The van der Waals surface area contributed by atoms with Gasteiger partial charge in [0, 0.05) is 19.8 Å². The highest BCUT2D eigenvalue weighted by atomic mass is 19.4. The molecule has 1 aromatic heterocycles. The van der Waals surface area contributed by atoms with Gasteiger partial charge in [0.1, 0.15) is 12.2 Å². The number of aromatic nitrogens is 1. The van der Waals surface area contributed by atoms with Crippen molar-refractivity contribution in [2.24, 2.45) is 7.05 Å². The van der Waals surface area contributed by atoms with Gasteiger partial charge in [-0.2, -0.15) is 13.2 Å². The number of anilines is 1. The first-order valence-corrected chi connectivity index (χ1v) is 5.52. The lowest BCUT2D eigenvalue weighted by Gasteiger charge is -2.23. The number of nitrogen functional groups attached to an aromatic ring is 1. The fraction of sp³-hybridized carbons (Fsp3) is 0.545. The van der Waals surface area contributed by atoms with Crippen molar-refractivity contribution in [3.05, 3.63) is 18.0 Å². The number of carbonyl (C=O) groups excluding carboxylic acids is 1. The van der Waals surface area contributed by atoms with Crippen LogP contribution in [0, 0.1) is 0 Å². The number of hydrogen-bond acceptors (Lipinski definition) is 2. The second-order valence-corrected chi connectivity index (χ2v) is 4.11. The van der Waals surface area contributed by atoms with E-state index in [2.05, 4.69) is 0 Å². The van der Waals surface area contributed by atoms with Crippen molar-refractivity contribution in [1.29, 1.82) is 0 Å². The van der Waals surface area contributed by atoms with Crippen LogP contribution in [0.1, 0.15) is 23.8 Å². The molecule has 7 heteroatoms. The predicted octanol–water partition coefficient (Wildman–Crippen LogP) is 2.02. The van der Waals surface area contributed by atoms with E-state index in [0.29, 0.717) is 12.1 Å². The van der Waals surface area contributed by atoms with Crippen LogP contribution < -0.4 is 5.73 Å². The van der Waals surface area contributed by atoms with Crippen molar-refractivity contribution in [1.82, 2.24) is 9.47 Å². The lowest BCUT2D eigenvalue weighted by atomic mass is 10.3. The van der Waals surface area contributed by atoms with Crippen LogP contribution in [-0.4, -0.2) is 34.6 Å². The first-order chi connectivity index (χ1) is 8.24. The number of hydrogen-bond donors (Lipinski definition) is 1. The van der Waals surface area contributed by atoms with Gasteiger partial charge in [0.2, 0.25) is 0 Å². The Morgan fingerprint density at radius 2 is 2.11 bits per heavy atom. The molecule has 0 aliphatic heterocycles. The smallest absolute Gasteiger partial charge is 0.397 e. The van der Waals surface area contributed by atoms with E-state index in [9.17, 15) is 18.0 Å². The molecule has 0 radical (unpaired) electrons. The molecule has 0 aliphatic carbocycles. The summed E-state index contributed by atoms with van der Waals surface area (Å²) in [7, 11) is 1.57. The molecule has 18 heavy (non-hydrogen) atoms. The average molecular weight is 263 g/mol. The summed E-state index contributed by atoms with van der Waals surface area (Å²) in [6.45, 7) is 0.532. The van der Waals surface area contributed by atoms with E-state index in [-0.39, 0.29) is 12.2 Å². The number of carbonyl (C=O) groups is 1. The van der Waals surface area contributed by atoms with E-state index in [1.165, 1.54) is 16.8 Å². The number of nitrogens with two attached hydrogens (primary N) is 1. The minimum absolute atomic E-state index is 0.0590. The second kappa shape index (κ2) is 5.32. The molecule has 0 bridgehead atoms. The summed E-state index contributed by atoms with van der Waals surface area (Å²) in [6, 6.07) is 1.38. The molecule has 0 unspecified atom stereocenters. The fourth-order valence-corrected chi connectivity index (χ4v) is 1.70. The van der Waals surface area contributed by atoms with Gasteiger partial charge < -0.3 is 15.2 Å². The molecule has 0 aromatic carbocycles. The molecule has 0 aliphatic rings. The summed E-state index contributed by atoms with van der Waals surface area (Å²) in [5, 5.41) is 0. The summed E-state index contributed by atoms with van der Waals surface area (Å²) >= 11 is 0. The molecule has 1 amide bonds. The van der Waals surface area contributed by atoms with Gasteiger partial charge >= 0.3 is 6.18 Å². The lowest BCUT2D eigenvalue weighted by Crippen LogP contribution is -2.40. The van der Waals surface area contributed by atoms with E-state index >= 15 is 0 Å². The fourth-order valence-electron chi connectivity index (χ4n) is 1.70. The summed E-state index contributed by atoms with van der Waals surface area (Å²) in [4.78, 5) is 12.8. The Morgan fingerprint density at radius 3 is 2.50 bits per heavy atom. The molecule has 1 heterocycles. The number of aryl methyl sites for hydroxylation is 1. The van der Waals surface area contributed by atoms with Crippen LogP contribution in [0.2, 0.25) is 0 Å². The van der Waals surface area contributed by atoms with Crippen LogP contribution in [0.5, 0.6) is 0 Å². The van der Waals surface area contributed by atoms with Gasteiger partial charge in [-0.25, -0.2) is 0 Å². The zero-order valence-corrected chi connectivity index (χ0v) is 10.3. The standard InChI is InChI=1S/C11H16F3N3O/c1-3-4-17(7-11(12,13)14)10(18)9-5-8(15)6-16(9)2/h5-6H,3-4,7,15H2,1-2H3. The van der Waals surface area contributed by atoms with Gasteiger partial charge in [-0.15, -0.1) is 0 Å². The van der Waals surface area contributed by atoms with Gasteiger partial charge in [-0.3, -0.25) is 4.79 Å². The maximum absolute atomic E-state index is 12.4. The Hall–Kier alpha value is -1.66. The molecule has 2 N–H and O–H groups in total. The van der Waals surface area contributed by atoms with Gasteiger partial charge in [0.05, 0.1) is 5.69 Å². The highest BCUT2D eigenvalue weighted by Gasteiger charge is 2.33. The topological polar surface area (TPSA) is 51.3 Å². The third kappa shape index (κ3) is 3.68. The van der Waals surface area contributed by atoms with Crippen LogP contribution in [0.3, 0.4) is 0 Å². The summed E-state index contributed by atoms with van der Waals surface area (Å²) in [5.41, 5.74) is 6.01. The summed E-state index contributed by atoms with van der Waals surface area (Å²) < 4.78 is 38.6. The molecular formula is C11H16F3N3O. The molecule has 0 saturated heterocycles. The van der Waals surface area contributed by atoms with E-state index in [1.807, 2.05) is 0 Å². The highest BCUT2D eigenvalue weighted by molar-refractivity contribution is 5.93. The SMILES string of the molecule is CCCN(CC(F)(F)F)C(=O)c1cc(N)cn1C. The quantitative estimate of drug-likeness (QED) is 0.903. The normalized spacial score (nSPS) is 11.6. The van der Waals surface area contributed by atoms with Crippen LogP contribution in [0.15, 0.2) is 12.3 Å². The zero-order valence-electron chi connectivity index (χ0n) is 10.3. The zero-order chi connectivity index (χ0) is 13.9. The monoisotopic (exact) mass is 263 g/mol. The molecule has 0 fully saturated rings. The number of nitrogens with zero attached hydrogens (tertiary/aromatic N) is 2. The van der Waals surface area contributed by atoms with Gasteiger partial charge in [0.25, 0.3) is 5.91 Å². The molecule has 1 aromatic rings. The maximum atomic E-state index is 12.4. The maximum Gasteiger partial charge on any atom is 0.406 e. The first-order valence-electron chi connectivity index (χ1n) is 5.52. The number of halogens is 3. The molecule has 0 atom stereocenters. The Balaban J connectivity index is 2.92. The molecule has 0 saturated carbocycles. The van der Waals surface area contributed by atoms with Crippen LogP contribution >= 0.6 is 0 Å². The van der Waals surface area contributed by atoms with Crippen LogP contribution in [-0.2, 0) is 7.05 Å². The number of amides is 1. The van der Waals surface area contributed by atoms with E-state index in [4.69, 9.17) is 5.73 Å². The lowest BCUT2D eigenvalue weighted by molar-refractivity contribution is -0.140. The molecular weight excluding hydrogens is 247 g/mol. The first kappa shape index (κ1) is 14.4. The largest absolute Gasteiger partial charge is 0.406 e. The Morgan fingerprint density at radius 1 is 1.50 bits per heavy atom. The predicted molar refractivity (Wildman–Crippen MR) is 62.1 cm³/mol. The Kier molecular flexibility index (Phi) is 4.26. The molecule has 102 valence electrons. The Labute approximate surface area is 103 Å². The van der Waals surface area contributed by atoms with Crippen molar-refractivity contribution >= 4 is 11.6 Å². The van der Waals surface area contributed by atoms with Crippen molar-refractivity contribution < 1.29 is 18.0 Å². The molecule has 1 rings (SSSR count). The number of alkyl halides is 3. The minimum atomic E-state index is -4.40. The molecule has 4 nitrogen and oxygen atoms in total. The van der Waals surface area contributed by atoms with E-state index in [1.54, 1.807) is 14.0 Å². The third-order valence-corrected chi connectivity index (χ3v) is 2.40. The van der Waals surface area contributed by atoms with Gasteiger partial charge in [-0.05, 0) is 12.5 Å². The third-order valence-electron chi connectivity index (χ3n) is 2.40. The highest BCUT2D eigenvalue weighted by Crippen LogP contribution is 2.19. The van der Waals surface area contributed by atoms with Gasteiger partial charge in [-0.1, -0.05) is 6.92 Å². The van der Waals surface area contributed by atoms with Gasteiger partial charge in [0.15, 0.2) is 0 Å². The van der Waals surface area contributed by atoms with E-state index in [0.717, 1.165) is 4.90 Å². The number of rotatable bonds is 4. The van der Waals surface area contributed by atoms with Crippen molar-refractivity contribution in [3.8, 4) is 0 Å². The van der Waals surface area contributed by atoms with Crippen molar-refractivity contribution in [2.45, 2.75) is 19.5 Å². The van der Waals surface area contributed by atoms with E-state index < -0.39 is 18.6 Å². The molecule has 0 spiro atoms. The van der Waals surface area contributed by atoms with Crippen molar-refractivity contribution in [2.75, 3.05) is 18.8 Å². The van der Waals surface area contributed by atoms with Crippen LogP contribution in [0.25, 0.3) is 0 Å². The van der Waals surface area contributed by atoms with Crippen LogP contribution in [0.4, 0.5) is 18.9 Å². The summed E-state index contributed by atoms with van der Waals surface area (Å²) in [6.07, 6.45) is -2.45.